The van der Waals surface area contributed by atoms with Crippen molar-refractivity contribution in [2.75, 3.05) is 5.32 Å². The second kappa shape index (κ2) is 4.73. The molecule has 0 aliphatic heterocycles. The molecular formula is C15H18N2S. The van der Waals surface area contributed by atoms with Crippen LogP contribution in [0.4, 0.5) is 5.69 Å². The number of benzene rings is 1. The number of nitrogens with zero attached hydrogens (tertiary/aromatic N) is 1. The molecular weight excluding hydrogens is 240 g/mol. The lowest BCUT2D eigenvalue weighted by molar-refractivity contribution is 0.912. The van der Waals surface area contributed by atoms with E-state index in [1.807, 2.05) is 0 Å². The van der Waals surface area contributed by atoms with E-state index in [4.69, 9.17) is 0 Å². The number of thiazole rings is 1. The summed E-state index contributed by atoms with van der Waals surface area (Å²) in [5.41, 5.74) is 5.45. The van der Waals surface area contributed by atoms with E-state index in [-0.39, 0.29) is 0 Å². The highest BCUT2D eigenvalue weighted by molar-refractivity contribution is 7.11. The maximum Gasteiger partial charge on any atom is 0.0900 e. The van der Waals surface area contributed by atoms with E-state index >= 15 is 0 Å². The third-order valence-corrected chi connectivity index (χ3v) is 4.62. The maximum atomic E-state index is 4.46. The van der Waals surface area contributed by atoms with E-state index in [9.17, 15) is 0 Å². The van der Waals surface area contributed by atoms with Gasteiger partial charge in [0.1, 0.15) is 0 Å². The largest absolute Gasteiger partial charge is 0.380 e. The summed E-state index contributed by atoms with van der Waals surface area (Å²) in [6.45, 7) is 5.04. The van der Waals surface area contributed by atoms with Crippen molar-refractivity contribution in [2.45, 2.75) is 39.7 Å². The first-order valence-electron chi connectivity index (χ1n) is 6.51. The summed E-state index contributed by atoms with van der Waals surface area (Å²) in [7, 11) is 0. The molecule has 1 N–H and O–H groups in total. The van der Waals surface area contributed by atoms with Crippen molar-refractivity contribution in [3.05, 3.63) is 44.9 Å². The van der Waals surface area contributed by atoms with Crippen LogP contribution < -0.4 is 5.32 Å². The van der Waals surface area contributed by atoms with Crippen LogP contribution in [0, 0.1) is 13.8 Å². The minimum Gasteiger partial charge on any atom is -0.380 e. The minimum absolute atomic E-state index is 0.885. The van der Waals surface area contributed by atoms with Crippen LogP contribution in [0.2, 0.25) is 0 Å². The first kappa shape index (κ1) is 11.7. The molecule has 1 aliphatic carbocycles. The standard InChI is InChI=1S/C15H18N2S/c1-10-15(18-11(2)17-10)9-16-14-7-6-12-4-3-5-13(12)8-14/h6-8,16H,3-5,9H2,1-2H3. The van der Waals surface area contributed by atoms with Crippen molar-refractivity contribution in [3.8, 4) is 0 Å². The second-order valence-electron chi connectivity index (χ2n) is 4.93. The fourth-order valence-electron chi connectivity index (χ4n) is 2.60. The van der Waals surface area contributed by atoms with Gasteiger partial charge in [0.05, 0.1) is 17.2 Å². The summed E-state index contributed by atoms with van der Waals surface area (Å²) >= 11 is 1.79. The molecule has 0 bridgehead atoms. The van der Waals surface area contributed by atoms with Gasteiger partial charge in [-0.2, -0.15) is 0 Å². The summed E-state index contributed by atoms with van der Waals surface area (Å²) in [4.78, 5) is 5.80. The highest BCUT2D eigenvalue weighted by Gasteiger charge is 2.11. The third-order valence-electron chi connectivity index (χ3n) is 3.55. The normalized spacial score (nSPS) is 13.7. The molecule has 0 saturated carbocycles. The smallest absolute Gasteiger partial charge is 0.0900 e. The molecule has 94 valence electrons. The van der Waals surface area contributed by atoms with Gasteiger partial charge in [0.25, 0.3) is 0 Å². The van der Waals surface area contributed by atoms with Crippen molar-refractivity contribution in [1.29, 1.82) is 0 Å². The molecule has 1 aromatic carbocycles. The van der Waals surface area contributed by atoms with E-state index in [0.29, 0.717) is 0 Å². The lowest BCUT2D eigenvalue weighted by Gasteiger charge is -2.07. The zero-order chi connectivity index (χ0) is 12.5. The molecule has 1 heterocycles. The van der Waals surface area contributed by atoms with Crippen molar-refractivity contribution in [1.82, 2.24) is 4.98 Å². The van der Waals surface area contributed by atoms with Gasteiger partial charge in [-0.15, -0.1) is 11.3 Å². The number of nitrogens with one attached hydrogen (secondary N) is 1. The van der Waals surface area contributed by atoms with Gasteiger partial charge in [-0.3, -0.25) is 0 Å². The quantitative estimate of drug-likeness (QED) is 0.904. The van der Waals surface area contributed by atoms with E-state index < -0.39 is 0 Å². The topological polar surface area (TPSA) is 24.9 Å². The number of hydrogen-bond donors (Lipinski definition) is 1. The van der Waals surface area contributed by atoms with Crippen LogP contribution in [0.15, 0.2) is 18.2 Å². The molecule has 0 saturated heterocycles. The summed E-state index contributed by atoms with van der Waals surface area (Å²) in [5, 5.41) is 4.67. The minimum atomic E-state index is 0.885. The van der Waals surface area contributed by atoms with Crippen LogP contribution in [-0.4, -0.2) is 4.98 Å². The molecule has 0 amide bonds. The molecule has 0 radical (unpaired) electrons. The number of hydrogen-bond acceptors (Lipinski definition) is 3. The first-order chi connectivity index (χ1) is 8.72. The summed E-state index contributed by atoms with van der Waals surface area (Å²) < 4.78 is 0. The summed E-state index contributed by atoms with van der Waals surface area (Å²) in [5.74, 6) is 0. The molecule has 3 heteroatoms. The third kappa shape index (κ3) is 2.27. The average Bonchev–Trinajstić information content (AvgIpc) is 2.92. The van der Waals surface area contributed by atoms with Gasteiger partial charge in [0.2, 0.25) is 0 Å². The number of aromatic nitrogens is 1. The van der Waals surface area contributed by atoms with Gasteiger partial charge in [0.15, 0.2) is 0 Å². The van der Waals surface area contributed by atoms with Gasteiger partial charge < -0.3 is 5.32 Å². The zero-order valence-corrected chi connectivity index (χ0v) is 11.7. The van der Waals surface area contributed by atoms with Crippen LogP contribution in [-0.2, 0) is 19.4 Å². The fraction of sp³-hybridized carbons (Fsp3) is 0.400. The summed E-state index contributed by atoms with van der Waals surface area (Å²) in [6.07, 6.45) is 3.80. The Morgan fingerprint density at radius 1 is 1.22 bits per heavy atom. The first-order valence-corrected chi connectivity index (χ1v) is 7.32. The lowest BCUT2D eigenvalue weighted by atomic mass is 10.1. The molecule has 0 fully saturated rings. The van der Waals surface area contributed by atoms with Gasteiger partial charge in [-0.05, 0) is 56.4 Å². The maximum absolute atomic E-state index is 4.46. The number of fused-ring (bicyclic) bond motifs is 1. The summed E-state index contributed by atoms with van der Waals surface area (Å²) in [6, 6.07) is 6.79. The van der Waals surface area contributed by atoms with E-state index in [1.165, 1.54) is 41.0 Å². The molecule has 3 rings (SSSR count). The van der Waals surface area contributed by atoms with Crippen LogP contribution >= 0.6 is 11.3 Å². The Hall–Kier alpha value is -1.35. The zero-order valence-electron chi connectivity index (χ0n) is 10.9. The Balaban J connectivity index is 1.72. The number of anilines is 1. The predicted octanol–water partition coefficient (Wildman–Crippen LogP) is 3.86. The number of rotatable bonds is 3. The van der Waals surface area contributed by atoms with E-state index in [0.717, 1.165) is 17.2 Å². The van der Waals surface area contributed by atoms with Crippen LogP contribution in [0.5, 0.6) is 0 Å². The fourth-order valence-corrected chi connectivity index (χ4v) is 3.48. The second-order valence-corrected chi connectivity index (χ2v) is 6.22. The van der Waals surface area contributed by atoms with Gasteiger partial charge in [0, 0.05) is 10.6 Å². The highest BCUT2D eigenvalue weighted by Crippen LogP contribution is 2.25. The number of aryl methyl sites for hydroxylation is 4. The molecule has 0 atom stereocenters. The molecule has 0 unspecified atom stereocenters. The molecule has 0 spiro atoms. The molecule has 18 heavy (non-hydrogen) atoms. The van der Waals surface area contributed by atoms with Crippen molar-refractivity contribution in [2.24, 2.45) is 0 Å². The van der Waals surface area contributed by atoms with Crippen LogP contribution in [0.25, 0.3) is 0 Å². The van der Waals surface area contributed by atoms with E-state index in [1.54, 1.807) is 11.3 Å². The lowest BCUT2D eigenvalue weighted by Crippen LogP contribution is -1.99. The van der Waals surface area contributed by atoms with Crippen molar-refractivity contribution < 1.29 is 0 Å². The van der Waals surface area contributed by atoms with Crippen LogP contribution in [0.1, 0.15) is 33.1 Å². The van der Waals surface area contributed by atoms with E-state index in [2.05, 4.69) is 42.3 Å². The predicted molar refractivity (Wildman–Crippen MR) is 77.4 cm³/mol. The van der Waals surface area contributed by atoms with Gasteiger partial charge >= 0.3 is 0 Å². The Bertz CT molecular complexity index is 572. The highest BCUT2D eigenvalue weighted by atomic mass is 32.1. The Labute approximate surface area is 112 Å². The monoisotopic (exact) mass is 258 g/mol. The van der Waals surface area contributed by atoms with Crippen molar-refractivity contribution >= 4 is 17.0 Å². The van der Waals surface area contributed by atoms with Crippen molar-refractivity contribution in [3.63, 3.8) is 0 Å². The molecule has 2 nitrogen and oxygen atoms in total. The molecule has 2 aromatic rings. The SMILES string of the molecule is Cc1nc(C)c(CNc2ccc3c(c2)CCC3)s1. The molecule has 1 aromatic heterocycles. The van der Waals surface area contributed by atoms with Crippen LogP contribution in [0.3, 0.4) is 0 Å². The Morgan fingerprint density at radius 3 is 2.83 bits per heavy atom. The van der Waals surface area contributed by atoms with Gasteiger partial charge in [-0.1, -0.05) is 6.07 Å². The molecule has 1 aliphatic rings. The Morgan fingerprint density at radius 2 is 2.06 bits per heavy atom. The Kier molecular flexibility index (Phi) is 3.08. The van der Waals surface area contributed by atoms with Gasteiger partial charge in [-0.25, -0.2) is 4.98 Å². The average molecular weight is 258 g/mol.